The zero-order chi connectivity index (χ0) is 23.7. The van der Waals surface area contributed by atoms with Gasteiger partial charge in [0.1, 0.15) is 0 Å². The van der Waals surface area contributed by atoms with Gasteiger partial charge in [0.2, 0.25) is 21.8 Å². The minimum atomic E-state index is -3.36. The van der Waals surface area contributed by atoms with Gasteiger partial charge < -0.3 is 20.4 Å². The summed E-state index contributed by atoms with van der Waals surface area (Å²) in [4.78, 5) is 29.9. The van der Waals surface area contributed by atoms with Crippen molar-refractivity contribution < 1.29 is 18.0 Å². The molecule has 33 heavy (non-hydrogen) atoms. The molecule has 3 fully saturated rings. The molecule has 2 N–H and O–H groups in total. The molecule has 3 heterocycles. The average molecular weight is 486 g/mol. The molecule has 0 spiro atoms. The Morgan fingerprint density at radius 3 is 2.39 bits per heavy atom. The topological polar surface area (TPSA) is 102 Å². The monoisotopic (exact) mass is 485 g/mol. The maximum atomic E-state index is 12.8. The van der Waals surface area contributed by atoms with Crippen LogP contribution in [0.5, 0.6) is 0 Å². The fraction of sp³-hybridized carbons (Fsp3) is 0.913. The fourth-order valence-corrected chi connectivity index (χ4v) is 6.22. The first kappa shape index (κ1) is 26.4. The summed E-state index contributed by atoms with van der Waals surface area (Å²) in [6.45, 7) is 7.17. The van der Waals surface area contributed by atoms with E-state index in [-0.39, 0.29) is 30.7 Å². The molecule has 0 aromatic carbocycles. The highest BCUT2D eigenvalue weighted by Crippen LogP contribution is 2.20. The van der Waals surface area contributed by atoms with Gasteiger partial charge in [0.15, 0.2) is 0 Å². The maximum absolute atomic E-state index is 12.8. The van der Waals surface area contributed by atoms with E-state index in [1.54, 1.807) is 0 Å². The molecule has 10 heteroatoms. The summed E-state index contributed by atoms with van der Waals surface area (Å²) in [5.74, 6) is -0.370. The third kappa shape index (κ3) is 8.81. The van der Waals surface area contributed by atoms with Crippen LogP contribution in [0.15, 0.2) is 0 Å². The SMILES string of the molecule is CS(=O)(=O)N1CCCC(C(=O)NCCN2CCC(N3CCCCC3)CC2)CCNC(=O)CC1. The highest BCUT2D eigenvalue weighted by atomic mass is 32.2. The normalized spacial score (nSPS) is 26.3. The Morgan fingerprint density at radius 1 is 0.970 bits per heavy atom. The van der Waals surface area contributed by atoms with Crippen molar-refractivity contribution in [3.8, 4) is 0 Å². The van der Waals surface area contributed by atoms with Crippen molar-refractivity contribution in [1.82, 2.24) is 24.7 Å². The van der Waals surface area contributed by atoms with E-state index >= 15 is 0 Å². The van der Waals surface area contributed by atoms with Crippen LogP contribution < -0.4 is 10.6 Å². The predicted octanol–water partition coefficient (Wildman–Crippen LogP) is 0.621. The van der Waals surface area contributed by atoms with Crippen molar-refractivity contribution in [3.05, 3.63) is 0 Å². The van der Waals surface area contributed by atoms with Crippen LogP contribution in [0.1, 0.15) is 57.8 Å². The number of piperidine rings is 2. The molecule has 0 aromatic rings. The summed E-state index contributed by atoms with van der Waals surface area (Å²) in [7, 11) is -3.36. The van der Waals surface area contributed by atoms with Gasteiger partial charge in [-0.1, -0.05) is 6.42 Å². The highest BCUT2D eigenvalue weighted by molar-refractivity contribution is 7.88. The number of amides is 2. The first-order valence-electron chi connectivity index (χ1n) is 12.8. The Kier molecular flexibility index (Phi) is 10.4. The number of rotatable bonds is 6. The summed E-state index contributed by atoms with van der Waals surface area (Å²) in [5, 5.41) is 5.91. The predicted molar refractivity (Wildman–Crippen MR) is 129 cm³/mol. The molecule has 0 bridgehead atoms. The molecule has 0 saturated carbocycles. The van der Waals surface area contributed by atoms with E-state index in [1.807, 2.05) is 0 Å². The van der Waals surface area contributed by atoms with Crippen molar-refractivity contribution >= 4 is 21.8 Å². The molecule has 1 unspecified atom stereocenters. The number of likely N-dealkylation sites (tertiary alicyclic amines) is 2. The Bertz CT molecular complexity index is 733. The molecule has 190 valence electrons. The second-order valence-electron chi connectivity index (χ2n) is 9.85. The van der Waals surface area contributed by atoms with Crippen LogP contribution in [0.3, 0.4) is 0 Å². The Balaban J connectivity index is 1.39. The Labute approximate surface area is 199 Å². The van der Waals surface area contributed by atoms with Crippen LogP contribution in [0.25, 0.3) is 0 Å². The van der Waals surface area contributed by atoms with Gasteiger partial charge in [-0.25, -0.2) is 12.7 Å². The van der Waals surface area contributed by atoms with Crippen LogP contribution in [-0.2, 0) is 19.6 Å². The molecule has 2 amide bonds. The van der Waals surface area contributed by atoms with E-state index < -0.39 is 10.0 Å². The summed E-state index contributed by atoms with van der Waals surface area (Å²) in [6, 6.07) is 0.727. The highest BCUT2D eigenvalue weighted by Gasteiger charge is 2.26. The van der Waals surface area contributed by atoms with Gasteiger partial charge >= 0.3 is 0 Å². The van der Waals surface area contributed by atoms with Gasteiger partial charge in [-0.15, -0.1) is 0 Å². The number of nitrogens with zero attached hydrogens (tertiary/aromatic N) is 3. The molecular formula is C23H43N5O4S. The standard InChI is InChI=1S/C23H43N5O4S/c1-33(31,32)28-15-5-6-20(7-11-24-22(29)10-18-28)23(30)25-12-19-26-16-8-21(9-17-26)27-13-3-2-4-14-27/h20-21H,2-19H2,1H3,(H,24,29)(H,25,30). The molecule has 3 aliphatic rings. The Morgan fingerprint density at radius 2 is 1.70 bits per heavy atom. The van der Waals surface area contributed by atoms with Gasteiger partial charge in [0.25, 0.3) is 0 Å². The molecule has 9 nitrogen and oxygen atoms in total. The quantitative estimate of drug-likeness (QED) is 0.572. The average Bonchev–Trinajstić information content (AvgIpc) is 2.84. The molecule has 3 aliphatic heterocycles. The van der Waals surface area contributed by atoms with E-state index in [0.717, 1.165) is 25.7 Å². The Hall–Kier alpha value is -1.23. The minimum Gasteiger partial charge on any atom is -0.356 e. The van der Waals surface area contributed by atoms with Crippen molar-refractivity contribution in [2.45, 2.75) is 63.8 Å². The van der Waals surface area contributed by atoms with E-state index in [1.165, 1.54) is 55.8 Å². The van der Waals surface area contributed by atoms with Gasteiger partial charge in [0, 0.05) is 51.1 Å². The molecule has 3 saturated heterocycles. The lowest BCUT2D eigenvalue weighted by Gasteiger charge is -2.40. The van der Waals surface area contributed by atoms with Crippen molar-refractivity contribution in [1.29, 1.82) is 0 Å². The van der Waals surface area contributed by atoms with Crippen molar-refractivity contribution in [2.75, 3.05) is 65.2 Å². The molecule has 0 aliphatic carbocycles. The third-order valence-corrected chi connectivity index (χ3v) is 8.70. The lowest BCUT2D eigenvalue weighted by atomic mass is 9.98. The number of hydrogen-bond donors (Lipinski definition) is 2. The lowest BCUT2D eigenvalue weighted by molar-refractivity contribution is -0.126. The van der Waals surface area contributed by atoms with Crippen LogP contribution in [0.4, 0.5) is 0 Å². The van der Waals surface area contributed by atoms with Crippen molar-refractivity contribution in [3.63, 3.8) is 0 Å². The third-order valence-electron chi connectivity index (χ3n) is 7.39. The zero-order valence-electron chi connectivity index (χ0n) is 20.3. The summed E-state index contributed by atoms with van der Waals surface area (Å²) in [5.41, 5.74) is 0. The zero-order valence-corrected chi connectivity index (χ0v) is 21.1. The number of hydrogen-bond acceptors (Lipinski definition) is 6. The van der Waals surface area contributed by atoms with Crippen LogP contribution >= 0.6 is 0 Å². The largest absolute Gasteiger partial charge is 0.356 e. The number of carbonyl (C=O) groups is 2. The first-order valence-corrected chi connectivity index (χ1v) is 14.6. The molecular weight excluding hydrogens is 442 g/mol. The smallest absolute Gasteiger partial charge is 0.223 e. The van der Waals surface area contributed by atoms with Gasteiger partial charge in [0.05, 0.1) is 6.26 Å². The van der Waals surface area contributed by atoms with Crippen LogP contribution in [0, 0.1) is 5.92 Å². The summed E-state index contributed by atoms with van der Waals surface area (Å²) < 4.78 is 25.3. The van der Waals surface area contributed by atoms with Crippen molar-refractivity contribution in [2.24, 2.45) is 5.92 Å². The van der Waals surface area contributed by atoms with Gasteiger partial charge in [-0.05, 0) is 71.1 Å². The lowest BCUT2D eigenvalue weighted by Crippen LogP contribution is -2.48. The summed E-state index contributed by atoms with van der Waals surface area (Å²) in [6.07, 6.45) is 9.61. The maximum Gasteiger partial charge on any atom is 0.223 e. The molecule has 0 aromatic heterocycles. The summed E-state index contributed by atoms with van der Waals surface area (Å²) >= 11 is 0. The van der Waals surface area contributed by atoms with Crippen LogP contribution in [-0.4, -0.2) is 106 Å². The molecule has 3 rings (SSSR count). The first-order chi connectivity index (χ1) is 15.8. The second-order valence-corrected chi connectivity index (χ2v) is 11.8. The fourth-order valence-electron chi connectivity index (χ4n) is 5.34. The van der Waals surface area contributed by atoms with E-state index in [0.29, 0.717) is 38.9 Å². The van der Waals surface area contributed by atoms with Crippen LogP contribution in [0.2, 0.25) is 0 Å². The second kappa shape index (κ2) is 13.0. The number of carbonyl (C=O) groups excluding carboxylic acids is 2. The minimum absolute atomic E-state index is 0.0117. The molecule has 1 atom stereocenters. The number of sulfonamides is 1. The van der Waals surface area contributed by atoms with Gasteiger partial charge in [-0.3, -0.25) is 9.59 Å². The van der Waals surface area contributed by atoms with E-state index in [2.05, 4.69) is 20.4 Å². The van der Waals surface area contributed by atoms with E-state index in [9.17, 15) is 18.0 Å². The molecule has 0 radical (unpaired) electrons. The number of nitrogens with one attached hydrogen (secondary N) is 2. The van der Waals surface area contributed by atoms with Gasteiger partial charge in [-0.2, -0.15) is 0 Å². The van der Waals surface area contributed by atoms with E-state index in [4.69, 9.17) is 0 Å².